The van der Waals surface area contributed by atoms with Gasteiger partial charge in [-0.05, 0) is 31.1 Å². The number of carbonyl (C=O) groups excluding carboxylic acids is 2. The molecule has 2 aliphatic heterocycles. The first-order chi connectivity index (χ1) is 11.8. The third-order valence-corrected chi connectivity index (χ3v) is 4.16. The van der Waals surface area contributed by atoms with Crippen molar-refractivity contribution < 1.29 is 22.8 Å². The minimum Gasteiger partial charge on any atom is -0.385 e. The maximum Gasteiger partial charge on any atom is 0.433 e. The number of hydrogen-bond donors (Lipinski definition) is 2. The second-order valence-corrected chi connectivity index (χ2v) is 6.04. The second-order valence-electron chi connectivity index (χ2n) is 6.04. The van der Waals surface area contributed by atoms with Gasteiger partial charge in [-0.3, -0.25) is 9.59 Å². The van der Waals surface area contributed by atoms with Crippen molar-refractivity contribution in [1.29, 1.82) is 0 Å². The van der Waals surface area contributed by atoms with E-state index in [-0.39, 0.29) is 6.04 Å². The lowest BCUT2D eigenvalue weighted by Gasteiger charge is -2.29. The van der Waals surface area contributed by atoms with Gasteiger partial charge in [0.05, 0.1) is 6.04 Å². The van der Waals surface area contributed by atoms with Gasteiger partial charge < -0.3 is 10.6 Å². The predicted octanol–water partition coefficient (Wildman–Crippen LogP) is 2.68. The summed E-state index contributed by atoms with van der Waals surface area (Å²) in [5.74, 6) is -3.09. The van der Waals surface area contributed by atoms with Gasteiger partial charge in [0.1, 0.15) is 11.6 Å². The summed E-state index contributed by atoms with van der Waals surface area (Å²) in [7, 11) is 0. The Kier molecular flexibility index (Phi) is 4.36. The van der Waals surface area contributed by atoms with Crippen LogP contribution in [0.3, 0.4) is 0 Å². The van der Waals surface area contributed by atoms with Gasteiger partial charge in [0.2, 0.25) is 5.91 Å². The topological polar surface area (TPSA) is 70.6 Å². The van der Waals surface area contributed by atoms with Gasteiger partial charge in [0, 0.05) is 12.2 Å². The van der Waals surface area contributed by atoms with Gasteiger partial charge in [0.15, 0.2) is 0 Å². The fraction of sp³-hybridized carbons (Fsp3) is 0.353. The lowest BCUT2D eigenvalue weighted by atomic mass is 9.95. The Balaban J connectivity index is 1.75. The first-order valence-corrected chi connectivity index (χ1v) is 7.78. The minimum atomic E-state index is -4.71. The number of benzene rings is 1. The average molecular weight is 351 g/mol. The van der Waals surface area contributed by atoms with E-state index in [9.17, 15) is 22.8 Å². The van der Waals surface area contributed by atoms with E-state index in [0.29, 0.717) is 19.0 Å². The largest absolute Gasteiger partial charge is 0.433 e. The number of nitrogens with one attached hydrogen (secondary N) is 2. The summed E-state index contributed by atoms with van der Waals surface area (Å²) in [6.07, 6.45) is -2.47. The Hall–Kier alpha value is -2.64. The highest BCUT2D eigenvalue weighted by Gasteiger charge is 2.39. The van der Waals surface area contributed by atoms with Crippen molar-refractivity contribution in [3.63, 3.8) is 0 Å². The van der Waals surface area contributed by atoms with Crippen molar-refractivity contribution in [2.45, 2.75) is 25.6 Å². The molecule has 3 rings (SSSR count). The molecule has 0 bridgehead atoms. The van der Waals surface area contributed by atoms with Crippen LogP contribution in [0.25, 0.3) is 0 Å². The molecular weight excluding hydrogens is 335 g/mol. The molecule has 2 amide bonds. The summed E-state index contributed by atoms with van der Waals surface area (Å²) in [5, 5.41) is 5.98. The van der Waals surface area contributed by atoms with Crippen LogP contribution in [0.4, 0.5) is 18.9 Å². The van der Waals surface area contributed by atoms with Crippen molar-refractivity contribution in [3.05, 3.63) is 41.5 Å². The number of rotatable bonds is 2. The minimum absolute atomic E-state index is 0.308. The van der Waals surface area contributed by atoms with Crippen LogP contribution in [0, 0.1) is 12.8 Å². The molecule has 0 radical (unpaired) electrons. The molecule has 0 aromatic heterocycles. The number of allylic oxidation sites excluding steroid dienone is 1. The van der Waals surface area contributed by atoms with E-state index in [2.05, 4.69) is 15.6 Å². The van der Waals surface area contributed by atoms with Crippen molar-refractivity contribution >= 4 is 23.2 Å². The van der Waals surface area contributed by atoms with Crippen molar-refractivity contribution in [2.75, 3.05) is 11.9 Å². The number of amides is 2. The molecule has 5 nitrogen and oxygen atoms in total. The highest BCUT2D eigenvalue weighted by atomic mass is 19.4. The smallest absolute Gasteiger partial charge is 0.385 e. The van der Waals surface area contributed by atoms with Gasteiger partial charge in [-0.15, -0.1) is 0 Å². The summed E-state index contributed by atoms with van der Waals surface area (Å²) in [6, 6.07) is 5.48. The highest BCUT2D eigenvalue weighted by Crippen LogP contribution is 2.31. The second kappa shape index (κ2) is 6.34. The van der Waals surface area contributed by atoms with E-state index >= 15 is 0 Å². The molecule has 2 heterocycles. The van der Waals surface area contributed by atoms with Crippen LogP contribution in [-0.4, -0.2) is 30.2 Å². The number of aliphatic imine (C=N–C) groups is 1. The maximum atomic E-state index is 12.6. The lowest BCUT2D eigenvalue weighted by molar-refractivity contribution is -0.132. The van der Waals surface area contributed by atoms with E-state index in [1.54, 1.807) is 0 Å². The molecule has 2 atom stereocenters. The Bertz CT molecular complexity index is 784. The molecule has 0 saturated carbocycles. The molecule has 8 heteroatoms. The van der Waals surface area contributed by atoms with Crippen LogP contribution < -0.4 is 10.6 Å². The Morgan fingerprint density at radius 3 is 2.80 bits per heavy atom. The molecular formula is C17H16F3N3O2. The quantitative estimate of drug-likeness (QED) is 0.805. The summed E-state index contributed by atoms with van der Waals surface area (Å²) < 4.78 is 37.7. The van der Waals surface area contributed by atoms with Gasteiger partial charge in [-0.2, -0.15) is 13.2 Å². The van der Waals surface area contributed by atoms with Crippen molar-refractivity contribution in [3.8, 4) is 0 Å². The van der Waals surface area contributed by atoms with Gasteiger partial charge in [0.25, 0.3) is 5.91 Å². The predicted molar refractivity (Wildman–Crippen MR) is 86.3 cm³/mol. The van der Waals surface area contributed by atoms with Crippen LogP contribution >= 0.6 is 0 Å². The van der Waals surface area contributed by atoms with Gasteiger partial charge >= 0.3 is 6.18 Å². The number of hydrogen-bond acceptors (Lipinski definition) is 3. The Labute approximate surface area is 142 Å². The monoisotopic (exact) mass is 351 g/mol. The number of dihydropyridines is 1. The van der Waals surface area contributed by atoms with Crippen LogP contribution in [0.2, 0.25) is 0 Å². The van der Waals surface area contributed by atoms with Crippen LogP contribution in [0.5, 0.6) is 0 Å². The number of halogens is 3. The fourth-order valence-corrected chi connectivity index (χ4v) is 2.90. The molecule has 25 heavy (non-hydrogen) atoms. The number of fused-ring (bicyclic) bond motifs is 1. The molecule has 1 aromatic rings. The number of anilines is 1. The number of alkyl halides is 3. The first kappa shape index (κ1) is 17.2. The first-order valence-electron chi connectivity index (χ1n) is 7.78. The van der Waals surface area contributed by atoms with Gasteiger partial charge in [-0.25, -0.2) is 4.99 Å². The molecule has 2 aliphatic rings. The molecule has 0 fully saturated rings. The van der Waals surface area contributed by atoms with E-state index < -0.39 is 29.6 Å². The van der Waals surface area contributed by atoms with Gasteiger partial charge in [-0.1, -0.05) is 23.8 Å². The third-order valence-electron chi connectivity index (χ3n) is 4.16. The summed E-state index contributed by atoms with van der Waals surface area (Å²) in [5.41, 5.74) is 1.52. The molecule has 1 aromatic carbocycles. The molecule has 0 aliphatic carbocycles. The average Bonchev–Trinajstić information content (AvgIpc) is 2.54. The lowest BCUT2D eigenvalue weighted by Crippen LogP contribution is -2.40. The summed E-state index contributed by atoms with van der Waals surface area (Å²) in [4.78, 5) is 27.2. The normalized spacial score (nSPS) is 22.7. The zero-order chi connectivity index (χ0) is 18.2. The number of nitrogens with zero attached hydrogens (tertiary/aromatic N) is 1. The Morgan fingerprint density at radius 1 is 1.36 bits per heavy atom. The molecule has 0 saturated heterocycles. The Morgan fingerprint density at radius 2 is 2.12 bits per heavy atom. The van der Waals surface area contributed by atoms with E-state index in [1.807, 2.05) is 25.1 Å². The van der Waals surface area contributed by atoms with E-state index in [4.69, 9.17) is 0 Å². The molecule has 132 valence electrons. The SMILES string of the molecule is Cc1ccc2c(c1)C(NC(=O)C1C=CC(C(F)(F)F)=NC1=O)CCN2. The van der Waals surface area contributed by atoms with Crippen molar-refractivity contribution in [2.24, 2.45) is 10.9 Å². The van der Waals surface area contributed by atoms with Crippen molar-refractivity contribution in [1.82, 2.24) is 5.32 Å². The van der Waals surface area contributed by atoms with E-state index in [1.165, 1.54) is 0 Å². The fourth-order valence-electron chi connectivity index (χ4n) is 2.90. The highest BCUT2D eigenvalue weighted by molar-refractivity contribution is 6.14. The molecule has 0 spiro atoms. The van der Waals surface area contributed by atoms with Crippen LogP contribution in [0.15, 0.2) is 35.3 Å². The van der Waals surface area contributed by atoms with Crippen LogP contribution in [-0.2, 0) is 9.59 Å². The molecule has 2 unspecified atom stereocenters. The van der Waals surface area contributed by atoms with Crippen LogP contribution in [0.1, 0.15) is 23.6 Å². The number of carbonyl (C=O) groups is 2. The zero-order valence-corrected chi connectivity index (χ0v) is 13.4. The molecule has 2 N–H and O–H groups in total. The summed E-state index contributed by atoms with van der Waals surface area (Å²) >= 11 is 0. The number of aryl methyl sites for hydroxylation is 1. The zero-order valence-electron chi connectivity index (χ0n) is 13.4. The third kappa shape index (κ3) is 3.57. The summed E-state index contributed by atoms with van der Waals surface area (Å²) in [6.45, 7) is 2.57. The van der Waals surface area contributed by atoms with E-state index in [0.717, 1.165) is 22.9 Å². The maximum absolute atomic E-state index is 12.6. The standard InChI is InChI=1S/C17H16F3N3O2/c1-9-2-4-12-11(8-9)13(6-7-21-12)22-15(24)10-3-5-14(17(18,19)20)23-16(10)25/h2-5,8,10,13,21H,6-7H2,1H3,(H,22,24).